The lowest BCUT2D eigenvalue weighted by molar-refractivity contribution is 0.534. The first kappa shape index (κ1) is 11.3. The standard InChI is InChI=1S/C9H21NS/c1-7(2)8(10)6-11-9(3,4)5/h7-8H,6,10H2,1-5H3/t8-/m0/s1. The van der Waals surface area contributed by atoms with Gasteiger partial charge < -0.3 is 5.73 Å². The van der Waals surface area contributed by atoms with Gasteiger partial charge in [-0.3, -0.25) is 0 Å². The van der Waals surface area contributed by atoms with Crippen molar-refractivity contribution in [2.75, 3.05) is 5.75 Å². The summed E-state index contributed by atoms with van der Waals surface area (Å²) < 4.78 is 0.354. The molecule has 0 aromatic rings. The van der Waals surface area contributed by atoms with Crippen LogP contribution < -0.4 is 5.73 Å². The molecule has 1 nitrogen and oxygen atoms in total. The van der Waals surface area contributed by atoms with E-state index in [1.165, 1.54) is 0 Å². The van der Waals surface area contributed by atoms with E-state index in [1.807, 2.05) is 11.8 Å². The molecule has 11 heavy (non-hydrogen) atoms. The van der Waals surface area contributed by atoms with Gasteiger partial charge in [0.1, 0.15) is 0 Å². The zero-order chi connectivity index (χ0) is 9.07. The minimum absolute atomic E-state index is 0.347. The second-order valence-corrected chi connectivity index (χ2v) is 6.18. The molecule has 0 saturated carbocycles. The summed E-state index contributed by atoms with van der Waals surface area (Å²) in [7, 11) is 0. The van der Waals surface area contributed by atoms with Crippen LogP contribution in [0.1, 0.15) is 34.6 Å². The molecule has 0 rings (SSSR count). The lowest BCUT2D eigenvalue weighted by Crippen LogP contribution is -2.30. The molecule has 0 fully saturated rings. The van der Waals surface area contributed by atoms with Crippen LogP contribution in [0.2, 0.25) is 0 Å². The largest absolute Gasteiger partial charge is 0.327 e. The van der Waals surface area contributed by atoms with Gasteiger partial charge in [-0.2, -0.15) is 11.8 Å². The van der Waals surface area contributed by atoms with Gasteiger partial charge in [-0.1, -0.05) is 34.6 Å². The SMILES string of the molecule is CC(C)[C@@H](N)CSC(C)(C)C. The van der Waals surface area contributed by atoms with Crippen LogP contribution in [0, 0.1) is 5.92 Å². The lowest BCUT2D eigenvalue weighted by Gasteiger charge is -2.22. The van der Waals surface area contributed by atoms with Gasteiger partial charge in [0.25, 0.3) is 0 Å². The van der Waals surface area contributed by atoms with Gasteiger partial charge in [-0.15, -0.1) is 0 Å². The maximum Gasteiger partial charge on any atom is 0.0153 e. The van der Waals surface area contributed by atoms with Crippen LogP contribution in [0.5, 0.6) is 0 Å². The Hall–Kier alpha value is 0.310. The summed E-state index contributed by atoms with van der Waals surface area (Å²) >= 11 is 1.94. The van der Waals surface area contributed by atoms with Crippen molar-refractivity contribution in [1.82, 2.24) is 0 Å². The third kappa shape index (κ3) is 6.70. The molecule has 0 unspecified atom stereocenters. The number of hydrogen-bond acceptors (Lipinski definition) is 2. The summed E-state index contributed by atoms with van der Waals surface area (Å²) in [5.41, 5.74) is 5.90. The fourth-order valence-electron chi connectivity index (χ4n) is 0.539. The van der Waals surface area contributed by atoms with Crippen molar-refractivity contribution in [2.45, 2.75) is 45.4 Å². The van der Waals surface area contributed by atoms with Gasteiger partial charge in [0.05, 0.1) is 0 Å². The van der Waals surface area contributed by atoms with E-state index in [0.29, 0.717) is 16.7 Å². The van der Waals surface area contributed by atoms with E-state index in [9.17, 15) is 0 Å². The molecule has 2 heteroatoms. The first-order valence-corrected chi connectivity index (χ1v) is 5.21. The fourth-order valence-corrected chi connectivity index (χ4v) is 1.62. The number of thioether (sulfide) groups is 1. The molecule has 0 aromatic carbocycles. The third-order valence-corrected chi connectivity index (χ3v) is 2.98. The molecule has 0 aliphatic carbocycles. The Morgan fingerprint density at radius 2 is 1.73 bits per heavy atom. The van der Waals surface area contributed by atoms with Crippen molar-refractivity contribution in [3.05, 3.63) is 0 Å². The van der Waals surface area contributed by atoms with Crippen LogP contribution >= 0.6 is 11.8 Å². The Bertz CT molecular complexity index is 105. The van der Waals surface area contributed by atoms with Crippen LogP contribution in [0.25, 0.3) is 0 Å². The average Bonchev–Trinajstić information content (AvgIpc) is 1.80. The summed E-state index contributed by atoms with van der Waals surface area (Å²) in [5, 5.41) is 0. The number of nitrogens with two attached hydrogens (primary N) is 1. The van der Waals surface area contributed by atoms with Crippen LogP contribution in [0.15, 0.2) is 0 Å². The molecule has 2 N–H and O–H groups in total. The number of hydrogen-bond donors (Lipinski definition) is 1. The van der Waals surface area contributed by atoms with Gasteiger partial charge in [-0.25, -0.2) is 0 Å². The minimum atomic E-state index is 0.347. The molecule has 1 atom stereocenters. The average molecular weight is 175 g/mol. The highest BCUT2D eigenvalue weighted by Crippen LogP contribution is 2.24. The van der Waals surface area contributed by atoms with Gasteiger partial charge in [0.2, 0.25) is 0 Å². The highest BCUT2D eigenvalue weighted by molar-refractivity contribution is 8.00. The summed E-state index contributed by atoms with van der Waals surface area (Å²) in [6.45, 7) is 11.0. The maximum atomic E-state index is 5.90. The fraction of sp³-hybridized carbons (Fsp3) is 1.00. The van der Waals surface area contributed by atoms with Crippen molar-refractivity contribution in [3.63, 3.8) is 0 Å². The first-order valence-electron chi connectivity index (χ1n) is 4.22. The van der Waals surface area contributed by atoms with Gasteiger partial charge in [0.15, 0.2) is 0 Å². The van der Waals surface area contributed by atoms with Crippen molar-refractivity contribution in [2.24, 2.45) is 11.7 Å². The van der Waals surface area contributed by atoms with Crippen LogP contribution in [0.3, 0.4) is 0 Å². The molecule has 0 aliphatic rings. The molecule has 0 spiro atoms. The Morgan fingerprint density at radius 3 is 2.00 bits per heavy atom. The van der Waals surface area contributed by atoms with Crippen molar-refractivity contribution in [1.29, 1.82) is 0 Å². The second-order valence-electron chi connectivity index (χ2n) is 4.33. The van der Waals surface area contributed by atoms with Crippen LogP contribution in [0.4, 0.5) is 0 Å². The smallest absolute Gasteiger partial charge is 0.0153 e. The second kappa shape index (κ2) is 4.36. The summed E-state index contributed by atoms with van der Waals surface area (Å²) in [5.74, 6) is 1.67. The molecule has 0 radical (unpaired) electrons. The van der Waals surface area contributed by atoms with E-state index in [2.05, 4.69) is 34.6 Å². The van der Waals surface area contributed by atoms with E-state index in [0.717, 1.165) is 5.75 Å². The zero-order valence-corrected chi connectivity index (χ0v) is 9.16. The molecule has 0 amide bonds. The van der Waals surface area contributed by atoms with Crippen molar-refractivity contribution >= 4 is 11.8 Å². The van der Waals surface area contributed by atoms with Crippen LogP contribution in [-0.4, -0.2) is 16.5 Å². The molecule has 0 aliphatic heterocycles. The molecule has 0 bridgehead atoms. The van der Waals surface area contributed by atoms with Gasteiger partial charge in [0, 0.05) is 16.5 Å². The monoisotopic (exact) mass is 175 g/mol. The lowest BCUT2D eigenvalue weighted by atomic mass is 10.1. The molecule has 0 aromatic heterocycles. The first-order chi connectivity index (χ1) is 4.83. The highest BCUT2D eigenvalue weighted by Gasteiger charge is 2.14. The molecular formula is C9H21NS. The van der Waals surface area contributed by atoms with E-state index in [-0.39, 0.29) is 0 Å². The van der Waals surface area contributed by atoms with Gasteiger partial charge in [-0.05, 0) is 5.92 Å². The predicted molar refractivity (Wildman–Crippen MR) is 55.0 cm³/mol. The van der Waals surface area contributed by atoms with E-state index in [4.69, 9.17) is 5.73 Å². The summed E-state index contributed by atoms with van der Waals surface area (Å²) in [6, 6.07) is 0.347. The molecule has 0 heterocycles. The molecule has 68 valence electrons. The van der Waals surface area contributed by atoms with Gasteiger partial charge >= 0.3 is 0 Å². The molecule has 0 saturated heterocycles. The highest BCUT2D eigenvalue weighted by atomic mass is 32.2. The Kier molecular flexibility index (Phi) is 4.49. The van der Waals surface area contributed by atoms with Crippen LogP contribution in [-0.2, 0) is 0 Å². The van der Waals surface area contributed by atoms with E-state index < -0.39 is 0 Å². The number of rotatable bonds is 3. The minimum Gasteiger partial charge on any atom is -0.327 e. The van der Waals surface area contributed by atoms with E-state index >= 15 is 0 Å². The topological polar surface area (TPSA) is 26.0 Å². The predicted octanol–water partition coefficient (Wildman–Crippen LogP) is 2.50. The quantitative estimate of drug-likeness (QED) is 0.713. The van der Waals surface area contributed by atoms with Crippen molar-refractivity contribution < 1.29 is 0 Å². The maximum absolute atomic E-state index is 5.90. The molecular weight excluding hydrogens is 154 g/mol. The summed E-state index contributed by atoms with van der Waals surface area (Å²) in [4.78, 5) is 0. The Morgan fingerprint density at radius 1 is 1.27 bits per heavy atom. The third-order valence-electron chi connectivity index (χ3n) is 1.57. The summed E-state index contributed by atoms with van der Waals surface area (Å²) in [6.07, 6.45) is 0. The Labute approximate surface area is 75.1 Å². The zero-order valence-electron chi connectivity index (χ0n) is 8.35. The van der Waals surface area contributed by atoms with Crippen molar-refractivity contribution in [3.8, 4) is 0 Å². The normalized spacial score (nSPS) is 15.5. The van der Waals surface area contributed by atoms with E-state index in [1.54, 1.807) is 0 Å². The Balaban J connectivity index is 3.54.